The van der Waals surface area contributed by atoms with Crippen LogP contribution in [0, 0.1) is 15.5 Å². The molecule has 0 aliphatic carbocycles. The lowest BCUT2D eigenvalue weighted by atomic mass is 9.75. The van der Waals surface area contributed by atoms with Gasteiger partial charge in [0.25, 0.3) is 5.69 Å². The molecule has 1 saturated heterocycles. The first-order valence-electron chi connectivity index (χ1n) is 6.19. The number of nitro groups is 1. The molecule has 1 aliphatic rings. The van der Waals surface area contributed by atoms with Gasteiger partial charge in [-0.05, 0) is 24.8 Å². The Morgan fingerprint density at radius 1 is 1.45 bits per heavy atom. The van der Waals surface area contributed by atoms with Gasteiger partial charge >= 0.3 is 5.97 Å². The van der Waals surface area contributed by atoms with E-state index in [1.807, 2.05) is 0 Å². The van der Waals surface area contributed by atoms with Gasteiger partial charge in [-0.2, -0.15) is 0 Å². The first-order valence-corrected chi connectivity index (χ1v) is 6.98. The molecular formula is C13H14BrNO5. The van der Waals surface area contributed by atoms with Crippen molar-refractivity contribution in [3.8, 4) is 0 Å². The van der Waals surface area contributed by atoms with E-state index in [2.05, 4.69) is 15.9 Å². The van der Waals surface area contributed by atoms with E-state index in [1.165, 1.54) is 12.1 Å². The summed E-state index contributed by atoms with van der Waals surface area (Å²) < 4.78 is 5.80. The van der Waals surface area contributed by atoms with Crippen LogP contribution in [0.2, 0.25) is 0 Å². The molecular weight excluding hydrogens is 330 g/mol. The standard InChI is InChI=1S/C13H14BrNO5/c14-11-7-10(15(18)19)2-1-9(11)8-13(12(16)17)3-5-20-6-4-13/h1-2,7H,3-6,8H2,(H,16,17). The van der Waals surface area contributed by atoms with Crippen LogP contribution in [0.1, 0.15) is 18.4 Å². The van der Waals surface area contributed by atoms with E-state index in [0.717, 1.165) is 5.56 Å². The summed E-state index contributed by atoms with van der Waals surface area (Å²) in [5.41, 5.74) is -0.103. The van der Waals surface area contributed by atoms with Gasteiger partial charge in [0.2, 0.25) is 0 Å². The Kier molecular flexibility index (Phi) is 4.39. The molecule has 1 heterocycles. The number of ether oxygens (including phenoxy) is 1. The van der Waals surface area contributed by atoms with Crippen molar-refractivity contribution in [1.82, 2.24) is 0 Å². The van der Waals surface area contributed by atoms with Gasteiger partial charge < -0.3 is 9.84 Å². The Morgan fingerprint density at radius 2 is 2.10 bits per heavy atom. The predicted molar refractivity (Wildman–Crippen MR) is 74.6 cm³/mol. The SMILES string of the molecule is O=C(O)C1(Cc2ccc([N+](=O)[O-])cc2Br)CCOCC1. The number of halogens is 1. The minimum atomic E-state index is -0.850. The zero-order valence-electron chi connectivity index (χ0n) is 10.7. The third-order valence-electron chi connectivity index (χ3n) is 3.68. The monoisotopic (exact) mass is 343 g/mol. The van der Waals surface area contributed by atoms with Crippen LogP contribution in [0.5, 0.6) is 0 Å². The van der Waals surface area contributed by atoms with Crippen molar-refractivity contribution >= 4 is 27.6 Å². The van der Waals surface area contributed by atoms with Crippen molar-refractivity contribution in [2.24, 2.45) is 5.41 Å². The Morgan fingerprint density at radius 3 is 2.60 bits per heavy atom. The van der Waals surface area contributed by atoms with E-state index in [4.69, 9.17) is 4.74 Å². The molecule has 0 spiro atoms. The summed E-state index contributed by atoms with van der Waals surface area (Å²) >= 11 is 3.29. The maximum Gasteiger partial charge on any atom is 0.310 e. The van der Waals surface area contributed by atoms with Gasteiger partial charge in [0.1, 0.15) is 0 Å². The van der Waals surface area contributed by atoms with Crippen molar-refractivity contribution in [3.63, 3.8) is 0 Å². The highest BCUT2D eigenvalue weighted by Gasteiger charge is 2.40. The number of rotatable bonds is 4. The number of carboxylic acid groups (broad SMARTS) is 1. The Labute approximate surface area is 124 Å². The van der Waals surface area contributed by atoms with Gasteiger partial charge in [-0.15, -0.1) is 0 Å². The summed E-state index contributed by atoms with van der Waals surface area (Å²) in [6.07, 6.45) is 1.24. The number of carboxylic acids is 1. The lowest BCUT2D eigenvalue weighted by molar-refractivity contribution is -0.384. The molecule has 0 atom stereocenters. The fraction of sp³-hybridized carbons (Fsp3) is 0.462. The van der Waals surface area contributed by atoms with Crippen LogP contribution in [0.25, 0.3) is 0 Å². The smallest absolute Gasteiger partial charge is 0.310 e. The first-order chi connectivity index (χ1) is 9.44. The molecule has 0 radical (unpaired) electrons. The third kappa shape index (κ3) is 2.99. The molecule has 0 saturated carbocycles. The van der Waals surface area contributed by atoms with Gasteiger partial charge in [0.05, 0.1) is 10.3 Å². The topological polar surface area (TPSA) is 89.7 Å². The average Bonchev–Trinajstić information content (AvgIpc) is 2.41. The summed E-state index contributed by atoms with van der Waals surface area (Å²) in [7, 11) is 0. The van der Waals surface area contributed by atoms with Gasteiger partial charge in [-0.3, -0.25) is 14.9 Å². The fourth-order valence-corrected chi connectivity index (χ4v) is 2.89. The first kappa shape index (κ1) is 14.9. The minimum absolute atomic E-state index is 0.0167. The molecule has 108 valence electrons. The highest BCUT2D eigenvalue weighted by molar-refractivity contribution is 9.10. The molecule has 0 bridgehead atoms. The summed E-state index contributed by atoms with van der Waals surface area (Å²) in [5.74, 6) is -0.842. The Hall–Kier alpha value is -1.47. The molecule has 7 heteroatoms. The van der Waals surface area contributed by atoms with E-state index in [9.17, 15) is 20.0 Å². The largest absolute Gasteiger partial charge is 0.481 e. The number of non-ortho nitro benzene ring substituents is 1. The van der Waals surface area contributed by atoms with Crippen LogP contribution in [0.15, 0.2) is 22.7 Å². The molecule has 0 unspecified atom stereocenters. The normalized spacial score (nSPS) is 17.6. The van der Waals surface area contributed by atoms with Crippen molar-refractivity contribution in [2.75, 3.05) is 13.2 Å². The fourth-order valence-electron chi connectivity index (χ4n) is 2.39. The van der Waals surface area contributed by atoms with Crippen LogP contribution < -0.4 is 0 Å². The summed E-state index contributed by atoms with van der Waals surface area (Å²) in [6.45, 7) is 0.855. The quantitative estimate of drug-likeness (QED) is 0.670. The second-order valence-corrected chi connectivity index (χ2v) is 5.76. The number of carbonyl (C=O) groups is 1. The van der Waals surface area contributed by atoms with Crippen LogP contribution in [-0.4, -0.2) is 29.2 Å². The van der Waals surface area contributed by atoms with E-state index < -0.39 is 16.3 Å². The van der Waals surface area contributed by atoms with Gasteiger partial charge in [-0.1, -0.05) is 22.0 Å². The third-order valence-corrected chi connectivity index (χ3v) is 4.42. The maximum atomic E-state index is 11.6. The van der Waals surface area contributed by atoms with Crippen LogP contribution >= 0.6 is 15.9 Å². The zero-order valence-corrected chi connectivity index (χ0v) is 12.3. The lowest BCUT2D eigenvalue weighted by Gasteiger charge is -2.33. The molecule has 1 aliphatic heterocycles. The number of hydrogen-bond donors (Lipinski definition) is 1. The van der Waals surface area contributed by atoms with Gasteiger partial charge in [0, 0.05) is 29.8 Å². The van der Waals surface area contributed by atoms with E-state index in [1.54, 1.807) is 6.07 Å². The number of hydrogen-bond acceptors (Lipinski definition) is 4. The molecule has 1 N–H and O–H groups in total. The Balaban J connectivity index is 2.27. The molecule has 0 amide bonds. The van der Waals surface area contributed by atoms with E-state index in [-0.39, 0.29) is 5.69 Å². The predicted octanol–water partition coefficient (Wildman–Crippen LogP) is 2.78. The van der Waals surface area contributed by atoms with Gasteiger partial charge in [-0.25, -0.2) is 0 Å². The number of aliphatic carboxylic acids is 1. The minimum Gasteiger partial charge on any atom is -0.481 e. The maximum absolute atomic E-state index is 11.6. The highest BCUT2D eigenvalue weighted by Crippen LogP contribution is 2.37. The molecule has 20 heavy (non-hydrogen) atoms. The second-order valence-electron chi connectivity index (χ2n) is 4.91. The molecule has 1 aromatic rings. The van der Waals surface area contributed by atoms with E-state index in [0.29, 0.717) is 36.9 Å². The molecule has 1 aromatic carbocycles. The highest BCUT2D eigenvalue weighted by atomic mass is 79.9. The van der Waals surface area contributed by atoms with Crippen LogP contribution in [0.3, 0.4) is 0 Å². The zero-order chi connectivity index (χ0) is 14.8. The lowest BCUT2D eigenvalue weighted by Crippen LogP contribution is -2.39. The summed E-state index contributed by atoms with van der Waals surface area (Å²) in [6, 6.07) is 4.42. The number of nitro benzene ring substituents is 1. The van der Waals surface area contributed by atoms with Crippen LogP contribution in [0.4, 0.5) is 5.69 Å². The number of benzene rings is 1. The van der Waals surface area contributed by atoms with Crippen molar-refractivity contribution < 1.29 is 19.6 Å². The second kappa shape index (κ2) is 5.88. The van der Waals surface area contributed by atoms with Crippen molar-refractivity contribution in [1.29, 1.82) is 0 Å². The number of nitrogens with zero attached hydrogens (tertiary/aromatic N) is 1. The van der Waals surface area contributed by atoms with Crippen LogP contribution in [-0.2, 0) is 16.0 Å². The Bertz CT molecular complexity index is 540. The summed E-state index contributed by atoms with van der Waals surface area (Å²) in [5, 5.41) is 20.2. The summed E-state index contributed by atoms with van der Waals surface area (Å²) in [4.78, 5) is 21.8. The molecule has 2 rings (SSSR count). The molecule has 1 fully saturated rings. The van der Waals surface area contributed by atoms with Crippen molar-refractivity contribution in [3.05, 3.63) is 38.3 Å². The van der Waals surface area contributed by atoms with E-state index >= 15 is 0 Å². The molecule has 0 aromatic heterocycles. The average molecular weight is 344 g/mol. The van der Waals surface area contributed by atoms with Gasteiger partial charge in [0.15, 0.2) is 0 Å². The molecule has 6 nitrogen and oxygen atoms in total. The van der Waals surface area contributed by atoms with Crippen molar-refractivity contribution in [2.45, 2.75) is 19.3 Å².